The molecule has 0 aliphatic heterocycles. The highest BCUT2D eigenvalue weighted by atomic mass is 19.4. The molecule has 2 aromatic rings. The van der Waals surface area contributed by atoms with E-state index in [0.717, 1.165) is 12.3 Å². The molecular weight excluding hydrogens is 245 g/mol. The lowest BCUT2D eigenvalue weighted by molar-refractivity contribution is -0.137. The maximum Gasteiger partial charge on any atom is 0.417 e. The zero-order valence-electron chi connectivity index (χ0n) is 10.2. The Kier molecular flexibility index (Phi) is 2.81. The van der Waals surface area contributed by atoms with Gasteiger partial charge in [-0.2, -0.15) is 13.2 Å². The molecule has 2 heterocycles. The molecule has 2 rings (SSSR count). The highest BCUT2D eigenvalue weighted by Gasteiger charge is 2.32. The molecule has 0 amide bonds. The zero-order chi connectivity index (χ0) is 13.6. The maximum atomic E-state index is 12.7. The summed E-state index contributed by atoms with van der Waals surface area (Å²) in [7, 11) is 1.72. The number of rotatable bonds is 2. The summed E-state index contributed by atoms with van der Waals surface area (Å²) in [6.07, 6.45) is -3.36. The normalized spacial score (nSPS) is 13.2. The van der Waals surface area contributed by atoms with E-state index in [0.29, 0.717) is 11.5 Å². The summed E-state index contributed by atoms with van der Waals surface area (Å²) in [4.78, 5) is 0. The molecule has 0 saturated heterocycles. The van der Waals surface area contributed by atoms with E-state index in [2.05, 4.69) is 15.5 Å². The zero-order valence-corrected chi connectivity index (χ0v) is 10.2. The van der Waals surface area contributed by atoms with E-state index in [4.69, 9.17) is 0 Å². The van der Waals surface area contributed by atoms with E-state index in [1.807, 2.05) is 13.8 Å². The third-order valence-corrected chi connectivity index (χ3v) is 2.91. The second kappa shape index (κ2) is 3.94. The number of fused-ring (bicyclic) bond motifs is 1. The van der Waals surface area contributed by atoms with Crippen LogP contribution in [0.25, 0.3) is 5.65 Å². The van der Waals surface area contributed by atoms with Crippen LogP contribution in [0.2, 0.25) is 0 Å². The Bertz CT molecular complexity index is 571. The van der Waals surface area contributed by atoms with Crippen LogP contribution in [0.15, 0.2) is 18.3 Å². The van der Waals surface area contributed by atoms with Crippen LogP contribution in [0.1, 0.15) is 25.2 Å². The molecule has 0 aromatic carbocycles. The Labute approximate surface area is 102 Å². The van der Waals surface area contributed by atoms with E-state index < -0.39 is 17.3 Å². The van der Waals surface area contributed by atoms with Crippen LogP contribution < -0.4 is 5.32 Å². The van der Waals surface area contributed by atoms with Gasteiger partial charge in [0.2, 0.25) is 0 Å². The van der Waals surface area contributed by atoms with Gasteiger partial charge in [0, 0.05) is 6.20 Å². The van der Waals surface area contributed by atoms with Gasteiger partial charge in [-0.05, 0) is 33.0 Å². The quantitative estimate of drug-likeness (QED) is 0.898. The molecule has 0 radical (unpaired) electrons. The molecule has 0 fully saturated rings. The van der Waals surface area contributed by atoms with Crippen LogP contribution in [-0.2, 0) is 11.7 Å². The number of alkyl halides is 3. The standard InChI is InChI=1S/C11H13F3N4/c1-10(2,15-3)9-17-16-8-5-4-7(6-18(8)9)11(12,13)14/h4-6,15H,1-3H3. The van der Waals surface area contributed by atoms with E-state index in [-0.39, 0.29) is 0 Å². The van der Waals surface area contributed by atoms with Crippen molar-refractivity contribution >= 4 is 5.65 Å². The lowest BCUT2D eigenvalue weighted by Crippen LogP contribution is -2.35. The number of nitrogens with zero attached hydrogens (tertiary/aromatic N) is 3. The third-order valence-electron chi connectivity index (χ3n) is 2.91. The number of halogens is 3. The minimum Gasteiger partial charge on any atom is -0.308 e. The average Bonchev–Trinajstić information content (AvgIpc) is 2.71. The third kappa shape index (κ3) is 2.05. The Morgan fingerprint density at radius 3 is 2.39 bits per heavy atom. The molecule has 0 spiro atoms. The minimum absolute atomic E-state index is 0.390. The lowest BCUT2D eigenvalue weighted by atomic mass is 10.1. The second-order valence-electron chi connectivity index (χ2n) is 4.54. The fraction of sp³-hybridized carbons (Fsp3) is 0.455. The molecule has 0 aliphatic carbocycles. The number of aromatic nitrogens is 3. The summed E-state index contributed by atoms with van der Waals surface area (Å²) in [6.45, 7) is 3.65. The van der Waals surface area contributed by atoms with E-state index in [1.54, 1.807) is 7.05 Å². The SMILES string of the molecule is CNC(C)(C)c1nnc2ccc(C(F)(F)F)cn12. The van der Waals surface area contributed by atoms with Crippen LogP contribution in [0, 0.1) is 0 Å². The van der Waals surface area contributed by atoms with Gasteiger partial charge in [-0.1, -0.05) is 0 Å². The van der Waals surface area contributed by atoms with Crippen molar-refractivity contribution in [3.8, 4) is 0 Å². The summed E-state index contributed by atoms with van der Waals surface area (Å²) in [6, 6.07) is 2.31. The summed E-state index contributed by atoms with van der Waals surface area (Å²) >= 11 is 0. The molecule has 2 aromatic heterocycles. The van der Waals surface area contributed by atoms with Crippen molar-refractivity contribution in [1.29, 1.82) is 0 Å². The van der Waals surface area contributed by atoms with Gasteiger partial charge in [-0.25, -0.2) is 0 Å². The van der Waals surface area contributed by atoms with E-state index in [1.165, 1.54) is 10.5 Å². The summed E-state index contributed by atoms with van der Waals surface area (Å²) in [5.41, 5.74) is -0.895. The first-order valence-electron chi connectivity index (χ1n) is 5.37. The van der Waals surface area contributed by atoms with Gasteiger partial charge in [0.15, 0.2) is 11.5 Å². The molecule has 0 aliphatic rings. The number of nitrogens with one attached hydrogen (secondary N) is 1. The van der Waals surface area contributed by atoms with Gasteiger partial charge in [0.1, 0.15) is 0 Å². The van der Waals surface area contributed by atoms with Crippen LogP contribution in [0.4, 0.5) is 13.2 Å². The van der Waals surface area contributed by atoms with E-state index >= 15 is 0 Å². The molecular formula is C11H13F3N4. The molecule has 98 valence electrons. The Morgan fingerprint density at radius 2 is 1.83 bits per heavy atom. The minimum atomic E-state index is -4.38. The fourth-order valence-electron chi connectivity index (χ4n) is 1.60. The van der Waals surface area contributed by atoms with Gasteiger partial charge in [0.05, 0.1) is 11.1 Å². The Morgan fingerprint density at radius 1 is 1.17 bits per heavy atom. The first-order valence-corrected chi connectivity index (χ1v) is 5.37. The molecule has 18 heavy (non-hydrogen) atoms. The fourth-order valence-corrected chi connectivity index (χ4v) is 1.60. The Hall–Kier alpha value is -1.63. The van der Waals surface area contributed by atoms with Crippen molar-refractivity contribution in [2.45, 2.75) is 25.6 Å². The van der Waals surface area contributed by atoms with Crippen molar-refractivity contribution in [2.24, 2.45) is 0 Å². The topological polar surface area (TPSA) is 42.2 Å². The molecule has 1 N–H and O–H groups in total. The van der Waals surface area contributed by atoms with Crippen molar-refractivity contribution < 1.29 is 13.2 Å². The maximum absolute atomic E-state index is 12.7. The monoisotopic (exact) mass is 258 g/mol. The van der Waals surface area contributed by atoms with Crippen molar-refractivity contribution in [2.75, 3.05) is 7.05 Å². The van der Waals surface area contributed by atoms with Gasteiger partial charge in [0.25, 0.3) is 0 Å². The summed E-state index contributed by atoms with van der Waals surface area (Å²) in [5.74, 6) is 0.436. The smallest absolute Gasteiger partial charge is 0.308 e. The summed E-state index contributed by atoms with van der Waals surface area (Å²) < 4.78 is 39.3. The average molecular weight is 258 g/mol. The van der Waals surface area contributed by atoms with Crippen LogP contribution in [0.3, 0.4) is 0 Å². The van der Waals surface area contributed by atoms with Crippen molar-refractivity contribution in [3.05, 3.63) is 29.7 Å². The van der Waals surface area contributed by atoms with Crippen LogP contribution in [0.5, 0.6) is 0 Å². The van der Waals surface area contributed by atoms with Gasteiger partial charge < -0.3 is 5.32 Å². The first kappa shape index (κ1) is 12.8. The highest BCUT2D eigenvalue weighted by molar-refractivity contribution is 5.41. The molecule has 0 unspecified atom stereocenters. The van der Waals surface area contributed by atoms with E-state index in [9.17, 15) is 13.2 Å². The van der Waals surface area contributed by atoms with Gasteiger partial charge >= 0.3 is 6.18 Å². The molecule has 0 bridgehead atoms. The Balaban J connectivity index is 2.64. The molecule has 0 atom stereocenters. The molecule has 0 saturated carbocycles. The predicted molar refractivity (Wildman–Crippen MR) is 60.1 cm³/mol. The van der Waals surface area contributed by atoms with Crippen molar-refractivity contribution in [1.82, 2.24) is 19.9 Å². The van der Waals surface area contributed by atoms with Crippen LogP contribution >= 0.6 is 0 Å². The number of pyridine rings is 1. The molecule has 7 heteroatoms. The van der Waals surface area contributed by atoms with Gasteiger partial charge in [-0.3, -0.25) is 4.40 Å². The second-order valence-corrected chi connectivity index (χ2v) is 4.54. The van der Waals surface area contributed by atoms with Crippen LogP contribution in [-0.4, -0.2) is 21.6 Å². The number of hydrogen-bond acceptors (Lipinski definition) is 3. The largest absolute Gasteiger partial charge is 0.417 e. The van der Waals surface area contributed by atoms with Crippen molar-refractivity contribution in [3.63, 3.8) is 0 Å². The highest BCUT2D eigenvalue weighted by Crippen LogP contribution is 2.30. The number of hydrogen-bond donors (Lipinski definition) is 1. The molecule has 4 nitrogen and oxygen atoms in total. The predicted octanol–water partition coefficient (Wildman–Crippen LogP) is 2.20. The van der Waals surface area contributed by atoms with Gasteiger partial charge in [-0.15, -0.1) is 10.2 Å². The lowest BCUT2D eigenvalue weighted by Gasteiger charge is -2.21. The summed E-state index contributed by atoms with van der Waals surface area (Å²) in [5, 5.41) is 10.8. The first-order chi connectivity index (χ1) is 8.25.